The van der Waals surface area contributed by atoms with Gasteiger partial charge in [0, 0.05) is 17.7 Å². The van der Waals surface area contributed by atoms with Gasteiger partial charge < -0.3 is 15.4 Å². The van der Waals surface area contributed by atoms with Gasteiger partial charge in [-0.05, 0) is 41.7 Å². The Kier molecular flexibility index (Phi) is 7.18. The summed E-state index contributed by atoms with van der Waals surface area (Å²) < 4.78 is 5.22. The normalized spacial score (nSPS) is 13.7. The lowest BCUT2D eigenvalue weighted by molar-refractivity contribution is -0.148. The number of Topliss-reactive ketones (excluding diaryl/α,β-unsaturated/α-hetero) is 1. The molecule has 1 aliphatic heterocycles. The second kappa shape index (κ2) is 10.0. The number of carbonyl (C=O) groups is 4. The summed E-state index contributed by atoms with van der Waals surface area (Å²) in [6, 6.07) is 13.4. The minimum Gasteiger partial charge on any atom is -0.456 e. The van der Waals surface area contributed by atoms with Crippen molar-refractivity contribution in [3.63, 3.8) is 0 Å². The molecule has 2 N–H and O–H groups in total. The first-order chi connectivity index (χ1) is 14.8. The molecule has 31 heavy (non-hydrogen) atoms. The second-order valence-corrected chi connectivity index (χ2v) is 7.90. The Morgan fingerprint density at radius 3 is 2.52 bits per heavy atom. The van der Waals surface area contributed by atoms with Crippen LogP contribution in [0.25, 0.3) is 0 Å². The Labute approximate surface area is 181 Å². The van der Waals surface area contributed by atoms with Gasteiger partial charge in [-0.25, -0.2) is 4.79 Å². The maximum Gasteiger partial charge on any atom is 0.329 e. The number of amides is 2. The van der Waals surface area contributed by atoms with E-state index in [1.54, 1.807) is 32.0 Å². The summed E-state index contributed by atoms with van der Waals surface area (Å²) in [5, 5.41) is 5.47. The molecule has 7 nitrogen and oxygen atoms in total. The summed E-state index contributed by atoms with van der Waals surface area (Å²) >= 11 is 0. The van der Waals surface area contributed by atoms with Crippen molar-refractivity contribution >= 4 is 29.3 Å². The Bertz CT molecular complexity index is 985. The molecule has 0 saturated carbocycles. The highest BCUT2D eigenvalue weighted by molar-refractivity contribution is 6.00. The van der Waals surface area contributed by atoms with E-state index in [2.05, 4.69) is 10.6 Å². The Hall–Kier alpha value is -3.48. The van der Waals surface area contributed by atoms with Crippen LogP contribution in [0.2, 0.25) is 0 Å². The minimum atomic E-state index is -0.845. The van der Waals surface area contributed by atoms with Crippen molar-refractivity contribution < 1.29 is 23.9 Å². The predicted molar refractivity (Wildman–Crippen MR) is 116 cm³/mol. The molecule has 2 aromatic rings. The van der Waals surface area contributed by atoms with Crippen LogP contribution in [0.4, 0.5) is 5.69 Å². The van der Waals surface area contributed by atoms with Gasteiger partial charge in [0.1, 0.15) is 6.04 Å². The number of hydrogen-bond acceptors (Lipinski definition) is 5. The fourth-order valence-corrected chi connectivity index (χ4v) is 3.37. The van der Waals surface area contributed by atoms with Gasteiger partial charge in [-0.2, -0.15) is 0 Å². The molecule has 2 amide bonds. The number of aryl methyl sites for hydroxylation is 1. The molecule has 3 rings (SSSR count). The number of benzene rings is 2. The fraction of sp³-hybridized carbons (Fsp3) is 0.333. The highest BCUT2D eigenvalue weighted by Crippen LogP contribution is 2.23. The van der Waals surface area contributed by atoms with Crippen LogP contribution in [0.15, 0.2) is 48.5 Å². The van der Waals surface area contributed by atoms with Gasteiger partial charge in [0.15, 0.2) is 12.4 Å². The van der Waals surface area contributed by atoms with Gasteiger partial charge >= 0.3 is 5.97 Å². The summed E-state index contributed by atoms with van der Waals surface area (Å²) in [5.74, 6) is -1.52. The molecule has 1 unspecified atom stereocenters. The molecule has 7 heteroatoms. The van der Waals surface area contributed by atoms with Crippen LogP contribution >= 0.6 is 0 Å². The molecule has 1 atom stereocenters. The number of ketones is 1. The van der Waals surface area contributed by atoms with Gasteiger partial charge in [-0.3, -0.25) is 14.4 Å². The monoisotopic (exact) mass is 422 g/mol. The zero-order valence-corrected chi connectivity index (χ0v) is 17.6. The van der Waals surface area contributed by atoms with E-state index in [1.807, 2.05) is 30.3 Å². The number of esters is 1. The standard InChI is InChI=1S/C24H26N2O5/c1-15(2)23(26-22(29)12-16-6-4-3-5-7-16)24(30)31-14-20(27)18-8-10-19-17(13-18)9-11-21(28)25-19/h3-8,10,13,15,23H,9,11-12,14H2,1-2H3,(H,25,28)(H,26,29). The Morgan fingerprint density at radius 1 is 1.06 bits per heavy atom. The number of rotatable bonds is 8. The molecule has 0 radical (unpaired) electrons. The van der Waals surface area contributed by atoms with Crippen molar-refractivity contribution in [2.45, 2.75) is 39.2 Å². The van der Waals surface area contributed by atoms with Crippen LogP contribution < -0.4 is 10.6 Å². The average Bonchev–Trinajstić information content (AvgIpc) is 2.75. The molecule has 0 aliphatic carbocycles. The zero-order chi connectivity index (χ0) is 22.4. The number of carbonyl (C=O) groups excluding carboxylic acids is 4. The number of ether oxygens (including phenoxy) is 1. The van der Waals surface area contributed by atoms with Gasteiger partial charge in [0.05, 0.1) is 6.42 Å². The smallest absolute Gasteiger partial charge is 0.329 e. The third kappa shape index (κ3) is 6.01. The second-order valence-electron chi connectivity index (χ2n) is 7.90. The highest BCUT2D eigenvalue weighted by Gasteiger charge is 2.26. The molecular formula is C24H26N2O5. The molecular weight excluding hydrogens is 396 g/mol. The first kappa shape index (κ1) is 22.2. The van der Waals surface area contributed by atoms with E-state index in [1.165, 1.54) is 0 Å². The van der Waals surface area contributed by atoms with Crippen molar-refractivity contribution in [3.05, 3.63) is 65.2 Å². The first-order valence-corrected chi connectivity index (χ1v) is 10.3. The number of anilines is 1. The van der Waals surface area contributed by atoms with E-state index in [0.29, 0.717) is 24.1 Å². The van der Waals surface area contributed by atoms with Crippen LogP contribution in [-0.4, -0.2) is 36.2 Å². The van der Waals surface area contributed by atoms with Crippen molar-refractivity contribution in [1.82, 2.24) is 5.32 Å². The van der Waals surface area contributed by atoms with E-state index in [-0.39, 0.29) is 29.9 Å². The number of nitrogens with one attached hydrogen (secondary N) is 2. The molecule has 0 saturated heterocycles. The molecule has 1 heterocycles. The summed E-state index contributed by atoms with van der Waals surface area (Å²) in [7, 11) is 0. The zero-order valence-electron chi connectivity index (χ0n) is 17.6. The lowest BCUT2D eigenvalue weighted by Gasteiger charge is -2.21. The van der Waals surface area contributed by atoms with Crippen LogP contribution in [0.1, 0.15) is 41.8 Å². The highest BCUT2D eigenvalue weighted by atomic mass is 16.5. The third-order valence-electron chi connectivity index (χ3n) is 5.11. The molecule has 0 aromatic heterocycles. The maximum atomic E-state index is 12.5. The van der Waals surface area contributed by atoms with Crippen LogP contribution in [-0.2, 0) is 32.0 Å². The van der Waals surface area contributed by atoms with Crippen LogP contribution in [0.5, 0.6) is 0 Å². The topological polar surface area (TPSA) is 102 Å². The van der Waals surface area contributed by atoms with E-state index < -0.39 is 18.6 Å². The number of hydrogen-bond donors (Lipinski definition) is 2. The molecule has 0 fully saturated rings. The molecule has 2 aromatic carbocycles. The molecule has 162 valence electrons. The van der Waals surface area contributed by atoms with E-state index in [4.69, 9.17) is 4.74 Å². The average molecular weight is 422 g/mol. The number of fused-ring (bicyclic) bond motifs is 1. The third-order valence-corrected chi connectivity index (χ3v) is 5.11. The summed E-state index contributed by atoms with van der Waals surface area (Å²) in [5.41, 5.74) is 2.84. The van der Waals surface area contributed by atoms with Crippen LogP contribution in [0.3, 0.4) is 0 Å². The first-order valence-electron chi connectivity index (χ1n) is 10.3. The van der Waals surface area contributed by atoms with E-state index in [9.17, 15) is 19.2 Å². The lowest BCUT2D eigenvalue weighted by atomic mass is 9.99. The van der Waals surface area contributed by atoms with Crippen molar-refractivity contribution in [2.24, 2.45) is 5.92 Å². The maximum absolute atomic E-state index is 12.5. The van der Waals surface area contributed by atoms with E-state index >= 15 is 0 Å². The summed E-state index contributed by atoms with van der Waals surface area (Å²) in [4.78, 5) is 48.8. The predicted octanol–water partition coefficient (Wildman–Crippen LogP) is 2.68. The lowest BCUT2D eigenvalue weighted by Crippen LogP contribution is -2.46. The van der Waals surface area contributed by atoms with Gasteiger partial charge in [0.2, 0.25) is 11.8 Å². The summed E-state index contributed by atoms with van der Waals surface area (Å²) in [6.45, 7) is 3.18. The van der Waals surface area contributed by atoms with Gasteiger partial charge in [-0.1, -0.05) is 44.2 Å². The van der Waals surface area contributed by atoms with Crippen molar-refractivity contribution in [3.8, 4) is 0 Å². The van der Waals surface area contributed by atoms with Crippen molar-refractivity contribution in [1.29, 1.82) is 0 Å². The van der Waals surface area contributed by atoms with Crippen LogP contribution in [0, 0.1) is 5.92 Å². The molecule has 0 spiro atoms. The SMILES string of the molecule is CC(C)C(NC(=O)Cc1ccccc1)C(=O)OCC(=O)c1ccc2c(c1)CCC(=O)N2. The van der Waals surface area contributed by atoms with E-state index in [0.717, 1.165) is 11.1 Å². The van der Waals surface area contributed by atoms with Crippen molar-refractivity contribution in [2.75, 3.05) is 11.9 Å². The minimum absolute atomic E-state index is 0.0467. The largest absolute Gasteiger partial charge is 0.456 e. The fourth-order valence-electron chi connectivity index (χ4n) is 3.37. The summed E-state index contributed by atoms with van der Waals surface area (Å²) in [6.07, 6.45) is 1.09. The van der Waals surface area contributed by atoms with Gasteiger partial charge in [-0.15, -0.1) is 0 Å². The molecule has 0 bridgehead atoms. The Balaban J connectivity index is 1.56. The quantitative estimate of drug-likeness (QED) is 0.503. The Morgan fingerprint density at radius 2 is 1.81 bits per heavy atom. The van der Waals surface area contributed by atoms with Gasteiger partial charge in [0.25, 0.3) is 0 Å². The molecule has 1 aliphatic rings.